The van der Waals surface area contributed by atoms with Crippen molar-refractivity contribution >= 4 is 6.03 Å². The van der Waals surface area contributed by atoms with E-state index in [2.05, 4.69) is 5.32 Å². The van der Waals surface area contributed by atoms with E-state index >= 15 is 0 Å². The third-order valence-electron chi connectivity index (χ3n) is 5.39. The molecule has 0 aliphatic carbocycles. The van der Waals surface area contributed by atoms with Gasteiger partial charge in [0.2, 0.25) is 0 Å². The summed E-state index contributed by atoms with van der Waals surface area (Å²) in [6.45, 7) is 0.246. The SMILES string of the molecule is CNC(=O)N1CC[C@@H](OCc2cc(C(F)(F)F)cc(C(F)(F)F)c2)[C@@H](c2ccccc2)C1. The molecule has 0 spiro atoms. The van der Waals surface area contributed by atoms with E-state index in [9.17, 15) is 31.1 Å². The molecule has 2 aromatic carbocycles. The largest absolute Gasteiger partial charge is 0.416 e. The maximum atomic E-state index is 13.1. The van der Waals surface area contributed by atoms with Crippen LogP contribution in [0.4, 0.5) is 31.1 Å². The molecular weight excluding hydrogens is 438 g/mol. The topological polar surface area (TPSA) is 41.6 Å². The lowest BCUT2D eigenvalue weighted by Crippen LogP contribution is -2.48. The van der Waals surface area contributed by atoms with Crippen LogP contribution in [0.3, 0.4) is 0 Å². The summed E-state index contributed by atoms with van der Waals surface area (Å²) < 4.78 is 84.5. The van der Waals surface area contributed by atoms with Crippen LogP contribution in [0.5, 0.6) is 0 Å². The first-order chi connectivity index (χ1) is 15.0. The van der Waals surface area contributed by atoms with Crippen LogP contribution in [0, 0.1) is 0 Å². The van der Waals surface area contributed by atoms with Gasteiger partial charge in [-0.1, -0.05) is 30.3 Å². The molecule has 2 amide bonds. The highest BCUT2D eigenvalue weighted by Gasteiger charge is 2.37. The number of halogens is 6. The Labute approximate surface area is 181 Å². The molecule has 1 saturated heterocycles. The lowest BCUT2D eigenvalue weighted by molar-refractivity contribution is -0.143. The Kier molecular flexibility index (Phi) is 7.02. The minimum Gasteiger partial charge on any atom is -0.373 e. The summed E-state index contributed by atoms with van der Waals surface area (Å²) in [5.41, 5.74) is -2.10. The predicted octanol–water partition coefficient (Wildman–Crippen LogP) is 5.44. The minimum atomic E-state index is -4.92. The zero-order valence-corrected chi connectivity index (χ0v) is 17.1. The average molecular weight is 460 g/mol. The monoisotopic (exact) mass is 460 g/mol. The first-order valence-corrected chi connectivity index (χ1v) is 9.90. The van der Waals surface area contributed by atoms with Crippen LogP contribution in [0.2, 0.25) is 0 Å². The van der Waals surface area contributed by atoms with Gasteiger partial charge >= 0.3 is 18.4 Å². The van der Waals surface area contributed by atoms with E-state index in [1.807, 2.05) is 30.3 Å². The van der Waals surface area contributed by atoms with Crippen LogP contribution >= 0.6 is 0 Å². The first-order valence-electron chi connectivity index (χ1n) is 9.90. The Morgan fingerprint density at radius 1 is 1.03 bits per heavy atom. The summed E-state index contributed by atoms with van der Waals surface area (Å²) in [5.74, 6) is -0.282. The highest BCUT2D eigenvalue weighted by Crippen LogP contribution is 2.37. The summed E-state index contributed by atoms with van der Waals surface area (Å²) in [6.07, 6.45) is -9.93. The quantitative estimate of drug-likeness (QED) is 0.618. The lowest BCUT2D eigenvalue weighted by atomic mass is 9.88. The summed E-state index contributed by atoms with van der Waals surface area (Å²) in [5, 5.41) is 2.55. The van der Waals surface area contributed by atoms with E-state index in [1.165, 1.54) is 7.05 Å². The predicted molar refractivity (Wildman–Crippen MR) is 105 cm³/mol. The Hall–Kier alpha value is -2.75. The smallest absolute Gasteiger partial charge is 0.373 e. The molecule has 1 N–H and O–H groups in total. The summed E-state index contributed by atoms with van der Waals surface area (Å²) in [6, 6.07) is 10.3. The van der Waals surface area contributed by atoms with Gasteiger partial charge in [0.05, 0.1) is 23.8 Å². The molecule has 0 bridgehead atoms. The standard InChI is InChI=1S/C22H22F6N2O2/c1-29-20(31)30-8-7-19(18(12-30)15-5-3-2-4-6-15)32-13-14-9-16(21(23,24)25)11-17(10-14)22(26,27)28/h2-6,9-11,18-19H,7-8,12-13H2,1H3,(H,29,31)/t18-,19-/m1/s1. The molecule has 174 valence electrons. The van der Waals surface area contributed by atoms with E-state index in [1.54, 1.807) is 4.90 Å². The second kappa shape index (κ2) is 9.40. The Bertz CT molecular complexity index is 898. The fourth-order valence-corrected chi connectivity index (χ4v) is 3.80. The molecule has 3 rings (SSSR count). The first kappa shape index (κ1) is 23.9. The second-order valence-electron chi connectivity index (χ2n) is 7.57. The number of rotatable bonds is 4. The van der Waals surface area contributed by atoms with Crippen LogP contribution in [-0.2, 0) is 23.7 Å². The number of urea groups is 1. The highest BCUT2D eigenvalue weighted by atomic mass is 19.4. The molecule has 2 atom stereocenters. The molecule has 1 aliphatic rings. The van der Waals surface area contributed by atoms with E-state index in [4.69, 9.17) is 4.74 Å². The molecule has 4 nitrogen and oxygen atoms in total. The Morgan fingerprint density at radius 2 is 1.62 bits per heavy atom. The molecule has 0 radical (unpaired) electrons. The van der Waals surface area contributed by atoms with Crippen molar-refractivity contribution in [3.8, 4) is 0 Å². The van der Waals surface area contributed by atoms with Crippen molar-refractivity contribution in [2.75, 3.05) is 20.1 Å². The van der Waals surface area contributed by atoms with Crippen LogP contribution < -0.4 is 5.32 Å². The second-order valence-corrected chi connectivity index (χ2v) is 7.57. The van der Waals surface area contributed by atoms with Crippen molar-refractivity contribution in [1.29, 1.82) is 0 Å². The molecule has 1 heterocycles. The van der Waals surface area contributed by atoms with Crippen molar-refractivity contribution in [2.24, 2.45) is 0 Å². The summed E-state index contributed by atoms with van der Waals surface area (Å²) >= 11 is 0. The maximum absolute atomic E-state index is 13.1. The molecule has 0 saturated carbocycles. The Morgan fingerprint density at radius 3 is 2.16 bits per heavy atom. The van der Waals surface area contributed by atoms with E-state index in [0.717, 1.165) is 5.56 Å². The third-order valence-corrected chi connectivity index (χ3v) is 5.39. The van der Waals surface area contributed by atoms with Crippen LogP contribution in [-0.4, -0.2) is 37.2 Å². The molecule has 1 fully saturated rings. The number of benzene rings is 2. The number of nitrogens with zero attached hydrogens (tertiary/aromatic N) is 1. The number of likely N-dealkylation sites (tertiary alicyclic amines) is 1. The molecular formula is C22H22F6N2O2. The number of carbonyl (C=O) groups excluding carboxylic acids is 1. The number of ether oxygens (including phenoxy) is 1. The number of alkyl halides is 6. The zero-order chi connectivity index (χ0) is 23.5. The van der Waals surface area contributed by atoms with Gasteiger partial charge in [0.25, 0.3) is 0 Å². The minimum absolute atomic E-state index is 0.0954. The van der Waals surface area contributed by atoms with Gasteiger partial charge in [-0.15, -0.1) is 0 Å². The van der Waals surface area contributed by atoms with E-state index < -0.39 is 36.2 Å². The normalized spacial score (nSPS) is 19.7. The molecule has 0 aromatic heterocycles. The van der Waals surface area contributed by atoms with Gasteiger partial charge in [0, 0.05) is 26.1 Å². The zero-order valence-electron chi connectivity index (χ0n) is 17.1. The number of hydrogen-bond donors (Lipinski definition) is 1. The summed E-state index contributed by atoms with van der Waals surface area (Å²) in [4.78, 5) is 13.7. The molecule has 2 aromatic rings. The molecule has 32 heavy (non-hydrogen) atoms. The van der Waals surface area contributed by atoms with Crippen molar-refractivity contribution < 1.29 is 35.9 Å². The van der Waals surface area contributed by atoms with Gasteiger partial charge in [-0.05, 0) is 35.7 Å². The van der Waals surface area contributed by atoms with Gasteiger partial charge in [-0.3, -0.25) is 0 Å². The van der Waals surface area contributed by atoms with E-state index in [-0.39, 0.29) is 23.6 Å². The molecule has 0 unspecified atom stereocenters. The van der Waals surface area contributed by atoms with Gasteiger partial charge in [-0.2, -0.15) is 26.3 Å². The highest BCUT2D eigenvalue weighted by molar-refractivity contribution is 5.74. The van der Waals surface area contributed by atoms with Crippen molar-refractivity contribution in [1.82, 2.24) is 10.2 Å². The molecule has 10 heteroatoms. The lowest BCUT2D eigenvalue weighted by Gasteiger charge is -2.38. The van der Waals surface area contributed by atoms with E-state index in [0.29, 0.717) is 31.6 Å². The number of nitrogens with one attached hydrogen (secondary N) is 1. The van der Waals surface area contributed by atoms with Gasteiger partial charge in [0.15, 0.2) is 0 Å². The fourth-order valence-electron chi connectivity index (χ4n) is 3.80. The van der Waals surface area contributed by atoms with Gasteiger partial charge < -0.3 is 15.0 Å². The van der Waals surface area contributed by atoms with Crippen LogP contribution in [0.1, 0.15) is 34.6 Å². The van der Waals surface area contributed by atoms with Crippen LogP contribution in [0.15, 0.2) is 48.5 Å². The third kappa shape index (κ3) is 5.73. The van der Waals surface area contributed by atoms with Gasteiger partial charge in [0.1, 0.15) is 0 Å². The van der Waals surface area contributed by atoms with Crippen molar-refractivity contribution in [2.45, 2.75) is 37.4 Å². The van der Waals surface area contributed by atoms with Gasteiger partial charge in [-0.25, -0.2) is 4.79 Å². The summed E-state index contributed by atoms with van der Waals surface area (Å²) in [7, 11) is 1.51. The molecule has 1 aliphatic heterocycles. The van der Waals surface area contributed by atoms with Crippen LogP contribution in [0.25, 0.3) is 0 Å². The average Bonchev–Trinajstić information content (AvgIpc) is 2.76. The van der Waals surface area contributed by atoms with Crippen molar-refractivity contribution in [3.05, 3.63) is 70.8 Å². The Balaban J connectivity index is 1.83. The number of piperidine rings is 1. The number of carbonyl (C=O) groups is 1. The van der Waals surface area contributed by atoms with Crippen molar-refractivity contribution in [3.63, 3.8) is 0 Å². The fraction of sp³-hybridized carbons (Fsp3) is 0.409. The number of hydrogen-bond acceptors (Lipinski definition) is 2. The number of amides is 2. The maximum Gasteiger partial charge on any atom is 0.416 e.